The Morgan fingerprint density at radius 1 is 1.41 bits per heavy atom. The number of nitrogens with two attached hydrogens (primary N) is 1. The van der Waals surface area contributed by atoms with Crippen LogP contribution in [-0.4, -0.2) is 54.4 Å². The Labute approximate surface area is 129 Å². The molecule has 1 fully saturated rings. The normalized spacial score (nSPS) is 17.9. The van der Waals surface area contributed by atoms with Crippen LogP contribution in [0.25, 0.3) is 0 Å². The lowest BCUT2D eigenvalue weighted by Crippen LogP contribution is -2.48. The monoisotopic (exact) mass is 311 g/mol. The predicted octanol–water partition coefficient (Wildman–Crippen LogP) is 1.26. The highest BCUT2D eigenvalue weighted by Gasteiger charge is 2.22. The highest BCUT2D eigenvalue weighted by atomic mass is 19.1. The van der Waals surface area contributed by atoms with Gasteiger partial charge in [0.25, 0.3) is 0 Å². The second-order valence-electron chi connectivity index (χ2n) is 5.52. The lowest BCUT2D eigenvalue weighted by atomic mass is 10.1. The van der Waals surface area contributed by atoms with Crippen molar-refractivity contribution in [3.05, 3.63) is 30.1 Å². The molecule has 4 N–H and O–H groups in total. The molecule has 0 aromatic heterocycles. The van der Waals surface area contributed by atoms with Gasteiger partial charge in [-0.1, -0.05) is 0 Å². The van der Waals surface area contributed by atoms with Crippen LogP contribution in [-0.2, 0) is 0 Å². The summed E-state index contributed by atoms with van der Waals surface area (Å²) < 4.78 is 18.7. The first-order valence-electron chi connectivity index (χ1n) is 7.40. The summed E-state index contributed by atoms with van der Waals surface area (Å²) in [6.07, 6.45) is 0.810. The highest BCUT2D eigenvalue weighted by Crippen LogP contribution is 2.19. The maximum absolute atomic E-state index is 12.8. The lowest BCUT2D eigenvalue weighted by Gasteiger charge is -2.33. The fourth-order valence-electron chi connectivity index (χ4n) is 2.53. The summed E-state index contributed by atoms with van der Waals surface area (Å²) in [5.74, 6) is 0.410. The Morgan fingerprint density at radius 3 is 2.64 bits per heavy atom. The first kappa shape index (κ1) is 16.5. The van der Waals surface area contributed by atoms with Crippen LogP contribution in [0.3, 0.4) is 0 Å². The zero-order chi connectivity index (χ0) is 15.9. The molecule has 0 aliphatic carbocycles. The van der Waals surface area contributed by atoms with Gasteiger partial charge in [0.2, 0.25) is 0 Å². The van der Waals surface area contributed by atoms with Gasteiger partial charge in [-0.25, -0.2) is 9.18 Å². The summed E-state index contributed by atoms with van der Waals surface area (Å²) in [6, 6.07) is 5.83. The van der Waals surface area contributed by atoms with E-state index in [2.05, 4.69) is 10.2 Å². The minimum atomic E-state index is -1.05. The van der Waals surface area contributed by atoms with Crippen LogP contribution < -0.4 is 15.8 Å². The number of rotatable bonds is 6. The zero-order valence-electron chi connectivity index (χ0n) is 12.4. The van der Waals surface area contributed by atoms with E-state index in [1.165, 1.54) is 12.1 Å². The molecule has 0 saturated carbocycles. The summed E-state index contributed by atoms with van der Waals surface area (Å²) >= 11 is 0. The molecule has 1 aromatic rings. The van der Waals surface area contributed by atoms with Crippen molar-refractivity contribution in [3.63, 3.8) is 0 Å². The van der Waals surface area contributed by atoms with Crippen molar-refractivity contribution in [1.82, 2.24) is 10.2 Å². The van der Waals surface area contributed by atoms with Crippen LogP contribution >= 0.6 is 0 Å². The van der Waals surface area contributed by atoms with Crippen LogP contribution in [0.1, 0.15) is 12.8 Å². The second-order valence-corrected chi connectivity index (χ2v) is 5.52. The molecular weight excluding hydrogens is 289 g/mol. The van der Waals surface area contributed by atoms with Gasteiger partial charge in [0.15, 0.2) is 0 Å². The molecule has 0 radical (unpaired) electrons. The van der Waals surface area contributed by atoms with E-state index in [4.69, 9.17) is 15.6 Å². The van der Waals surface area contributed by atoms with Gasteiger partial charge >= 0.3 is 6.09 Å². The molecule has 22 heavy (non-hydrogen) atoms. The van der Waals surface area contributed by atoms with Crippen molar-refractivity contribution in [1.29, 1.82) is 0 Å². The van der Waals surface area contributed by atoms with E-state index in [1.807, 2.05) is 0 Å². The predicted molar refractivity (Wildman–Crippen MR) is 80.5 cm³/mol. The number of halogens is 1. The number of carbonyl (C=O) groups is 1. The fourth-order valence-corrected chi connectivity index (χ4v) is 2.53. The Bertz CT molecular complexity index is 475. The van der Waals surface area contributed by atoms with Gasteiger partial charge in [-0.15, -0.1) is 0 Å². The zero-order valence-corrected chi connectivity index (χ0v) is 12.4. The van der Waals surface area contributed by atoms with E-state index in [1.54, 1.807) is 12.1 Å². The Kier molecular flexibility index (Phi) is 5.97. The number of benzene rings is 1. The van der Waals surface area contributed by atoms with Crippen molar-refractivity contribution in [2.24, 2.45) is 5.73 Å². The molecule has 1 aromatic carbocycles. The number of ether oxygens (including phenoxy) is 1. The molecular formula is C15H22FN3O3. The largest absolute Gasteiger partial charge is 0.490 e. The van der Waals surface area contributed by atoms with Crippen LogP contribution in [0.15, 0.2) is 24.3 Å². The van der Waals surface area contributed by atoms with Gasteiger partial charge in [0.1, 0.15) is 17.7 Å². The van der Waals surface area contributed by atoms with Crippen LogP contribution in [0.2, 0.25) is 0 Å². The van der Waals surface area contributed by atoms with Gasteiger partial charge in [-0.3, -0.25) is 0 Å². The van der Waals surface area contributed by atoms with Crippen molar-refractivity contribution in [2.75, 3.05) is 26.2 Å². The molecule has 1 unspecified atom stereocenters. The number of amides is 1. The molecule has 0 spiro atoms. The Hall–Kier alpha value is -1.86. The van der Waals surface area contributed by atoms with E-state index in [-0.39, 0.29) is 24.5 Å². The van der Waals surface area contributed by atoms with E-state index in [0.29, 0.717) is 12.3 Å². The average Bonchev–Trinajstić information content (AvgIpc) is 2.49. The van der Waals surface area contributed by atoms with E-state index in [0.717, 1.165) is 25.9 Å². The summed E-state index contributed by atoms with van der Waals surface area (Å²) in [5, 5.41) is 10.8. The molecule has 1 saturated heterocycles. The maximum atomic E-state index is 12.8. The second kappa shape index (κ2) is 7.95. The molecule has 1 aliphatic heterocycles. The molecule has 2 rings (SSSR count). The minimum absolute atomic E-state index is 0.120. The smallest absolute Gasteiger partial charge is 0.404 e. The number of hydrogen-bond acceptors (Lipinski definition) is 4. The van der Waals surface area contributed by atoms with E-state index >= 15 is 0 Å². The quantitative estimate of drug-likeness (QED) is 0.736. The Morgan fingerprint density at radius 2 is 2.05 bits per heavy atom. The van der Waals surface area contributed by atoms with Gasteiger partial charge in [0.05, 0.1) is 0 Å². The van der Waals surface area contributed by atoms with Gasteiger partial charge in [-0.05, 0) is 37.1 Å². The molecule has 1 heterocycles. The number of carboxylic acid groups (broad SMARTS) is 1. The molecule has 1 amide bonds. The van der Waals surface area contributed by atoms with Gasteiger partial charge in [0, 0.05) is 32.2 Å². The van der Waals surface area contributed by atoms with Crippen molar-refractivity contribution in [3.8, 4) is 5.75 Å². The van der Waals surface area contributed by atoms with Crippen LogP contribution in [0.4, 0.5) is 9.18 Å². The summed E-state index contributed by atoms with van der Waals surface area (Å²) in [7, 11) is 0. The number of piperidine rings is 1. The minimum Gasteiger partial charge on any atom is -0.490 e. The Balaban J connectivity index is 1.69. The van der Waals surface area contributed by atoms with E-state index < -0.39 is 6.09 Å². The molecule has 7 heteroatoms. The molecule has 6 nitrogen and oxygen atoms in total. The van der Waals surface area contributed by atoms with Gasteiger partial charge in [-0.2, -0.15) is 0 Å². The molecule has 1 aliphatic rings. The van der Waals surface area contributed by atoms with Crippen LogP contribution in [0, 0.1) is 5.82 Å². The average molecular weight is 311 g/mol. The van der Waals surface area contributed by atoms with Gasteiger partial charge < -0.3 is 25.8 Å². The number of likely N-dealkylation sites (tertiary alicyclic amines) is 1. The van der Waals surface area contributed by atoms with Crippen LogP contribution in [0.5, 0.6) is 5.75 Å². The third-order valence-electron chi connectivity index (χ3n) is 3.66. The SMILES string of the molecule is NC(CNC(=O)O)CN1CCC(Oc2ccc(F)cc2)CC1. The maximum Gasteiger partial charge on any atom is 0.404 e. The highest BCUT2D eigenvalue weighted by molar-refractivity contribution is 5.64. The molecule has 1 atom stereocenters. The standard InChI is InChI=1S/C15H22FN3O3/c16-11-1-3-13(4-2-11)22-14-5-7-19(8-6-14)10-12(17)9-18-15(20)21/h1-4,12,14,18H,5-10,17H2,(H,20,21). The first-order chi connectivity index (χ1) is 10.5. The van der Waals surface area contributed by atoms with Crippen molar-refractivity contribution in [2.45, 2.75) is 25.0 Å². The number of nitrogens with zero attached hydrogens (tertiary/aromatic N) is 1. The summed E-state index contributed by atoms with van der Waals surface area (Å²) in [4.78, 5) is 12.6. The molecule has 122 valence electrons. The summed E-state index contributed by atoms with van der Waals surface area (Å²) in [5.41, 5.74) is 5.89. The summed E-state index contributed by atoms with van der Waals surface area (Å²) in [6.45, 7) is 2.62. The lowest BCUT2D eigenvalue weighted by molar-refractivity contribution is 0.0970. The fraction of sp³-hybridized carbons (Fsp3) is 0.533. The number of nitrogens with one attached hydrogen (secondary N) is 1. The molecule has 0 bridgehead atoms. The third-order valence-corrected chi connectivity index (χ3v) is 3.66. The van der Waals surface area contributed by atoms with E-state index in [9.17, 15) is 9.18 Å². The van der Waals surface area contributed by atoms with Crippen molar-refractivity contribution >= 4 is 6.09 Å². The number of hydrogen-bond donors (Lipinski definition) is 3. The topological polar surface area (TPSA) is 87.8 Å². The third kappa shape index (κ3) is 5.50. The first-order valence-corrected chi connectivity index (χ1v) is 7.40. The van der Waals surface area contributed by atoms with Crippen molar-refractivity contribution < 1.29 is 19.0 Å².